The Labute approximate surface area is 122 Å². The summed E-state index contributed by atoms with van der Waals surface area (Å²) in [6.07, 6.45) is 4.93. The van der Waals surface area contributed by atoms with Gasteiger partial charge in [0, 0.05) is 12.0 Å². The van der Waals surface area contributed by atoms with Crippen LogP contribution in [0.4, 0.5) is 0 Å². The molecule has 0 amide bonds. The summed E-state index contributed by atoms with van der Waals surface area (Å²) in [6.45, 7) is 4.48. The molecule has 1 aromatic rings. The number of nitrogens with two attached hydrogens (primary N) is 1. The van der Waals surface area contributed by atoms with Crippen molar-refractivity contribution < 1.29 is 9.84 Å². The third-order valence-corrected chi connectivity index (χ3v) is 4.51. The number of benzene rings is 1. The fraction of sp³-hybridized carbons (Fsp3) is 0.647. The average molecular weight is 277 g/mol. The van der Waals surface area contributed by atoms with Gasteiger partial charge in [0.05, 0.1) is 6.61 Å². The summed E-state index contributed by atoms with van der Waals surface area (Å²) in [5.41, 5.74) is 7.05. The van der Waals surface area contributed by atoms with E-state index in [2.05, 4.69) is 26.0 Å². The number of aliphatic hydroxyl groups excluding tert-OH is 1. The Morgan fingerprint density at radius 2 is 2.10 bits per heavy atom. The summed E-state index contributed by atoms with van der Waals surface area (Å²) in [6, 6.07) is 8.39. The summed E-state index contributed by atoms with van der Waals surface area (Å²) >= 11 is 0. The molecule has 3 atom stereocenters. The van der Waals surface area contributed by atoms with Crippen LogP contribution in [0.25, 0.3) is 0 Å². The van der Waals surface area contributed by atoms with E-state index in [1.165, 1.54) is 5.56 Å². The van der Waals surface area contributed by atoms with E-state index >= 15 is 0 Å². The fourth-order valence-corrected chi connectivity index (χ4v) is 2.89. The first kappa shape index (κ1) is 15.3. The van der Waals surface area contributed by atoms with Crippen LogP contribution in [0.1, 0.15) is 57.4 Å². The molecule has 1 aliphatic rings. The normalized spacial score (nSPS) is 28.1. The molecule has 0 bridgehead atoms. The lowest BCUT2D eigenvalue weighted by Crippen LogP contribution is -2.50. The number of hydrogen-bond acceptors (Lipinski definition) is 3. The highest BCUT2D eigenvalue weighted by Gasteiger charge is 2.33. The molecule has 0 aliphatic heterocycles. The van der Waals surface area contributed by atoms with E-state index < -0.39 is 5.54 Å². The van der Waals surface area contributed by atoms with Crippen molar-refractivity contribution in [3.05, 3.63) is 29.8 Å². The van der Waals surface area contributed by atoms with Crippen LogP contribution in [-0.2, 0) is 0 Å². The Balaban J connectivity index is 1.96. The maximum atomic E-state index is 9.38. The highest BCUT2D eigenvalue weighted by atomic mass is 16.5. The van der Waals surface area contributed by atoms with Gasteiger partial charge < -0.3 is 15.6 Å². The first-order chi connectivity index (χ1) is 9.56. The molecule has 0 spiro atoms. The zero-order valence-electron chi connectivity index (χ0n) is 12.6. The molecule has 3 unspecified atom stereocenters. The Bertz CT molecular complexity index is 418. The number of ether oxygens (including phenoxy) is 1. The van der Waals surface area contributed by atoms with Gasteiger partial charge in [-0.2, -0.15) is 0 Å². The zero-order chi connectivity index (χ0) is 14.6. The molecule has 1 saturated carbocycles. The summed E-state index contributed by atoms with van der Waals surface area (Å²) in [7, 11) is 0. The van der Waals surface area contributed by atoms with Crippen molar-refractivity contribution in [2.24, 2.45) is 5.73 Å². The van der Waals surface area contributed by atoms with Crippen molar-refractivity contribution in [1.29, 1.82) is 0 Å². The summed E-state index contributed by atoms with van der Waals surface area (Å²) in [5, 5.41) is 9.38. The summed E-state index contributed by atoms with van der Waals surface area (Å²) in [4.78, 5) is 0. The SMILES string of the molecule is CCC(C)c1ccc(OC2CCCC(N)(CO)C2)cc1. The first-order valence-electron chi connectivity index (χ1n) is 7.72. The Morgan fingerprint density at radius 1 is 1.40 bits per heavy atom. The Morgan fingerprint density at radius 3 is 2.70 bits per heavy atom. The molecule has 1 aromatic carbocycles. The molecule has 0 aromatic heterocycles. The van der Waals surface area contributed by atoms with Gasteiger partial charge in [-0.1, -0.05) is 26.0 Å². The summed E-state index contributed by atoms with van der Waals surface area (Å²) < 4.78 is 6.03. The highest BCUT2D eigenvalue weighted by Crippen LogP contribution is 2.30. The smallest absolute Gasteiger partial charge is 0.119 e. The van der Waals surface area contributed by atoms with Crippen molar-refractivity contribution in [2.75, 3.05) is 6.61 Å². The van der Waals surface area contributed by atoms with Gasteiger partial charge in [0.1, 0.15) is 11.9 Å². The topological polar surface area (TPSA) is 55.5 Å². The Kier molecular flexibility index (Phi) is 5.06. The van der Waals surface area contributed by atoms with E-state index in [0.717, 1.165) is 37.9 Å². The van der Waals surface area contributed by atoms with Crippen LogP contribution in [0.5, 0.6) is 5.75 Å². The van der Waals surface area contributed by atoms with E-state index in [1.807, 2.05) is 12.1 Å². The van der Waals surface area contributed by atoms with Crippen LogP contribution in [0.2, 0.25) is 0 Å². The molecule has 2 rings (SSSR count). The van der Waals surface area contributed by atoms with Gasteiger partial charge in [-0.05, 0) is 49.3 Å². The van der Waals surface area contributed by atoms with E-state index in [4.69, 9.17) is 10.5 Å². The van der Waals surface area contributed by atoms with E-state index in [-0.39, 0.29) is 12.7 Å². The second kappa shape index (κ2) is 6.59. The minimum absolute atomic E-state index is 0.0415. The predicted molar refractivity (Wildman–Crippen MR) is 82.0 cm³/mol. The lowest BCUT2D eigenvalue weighted by molar-refractivity contribution is 0.0729. The van der Waals surface area contributed by atoms with Crippen molar-refractivity contribution >= 4 is 0 Å². The maximum Gasteiger partial charge on any atom is 0.119 e. The third-order valence-electron chi connectivity index (χ3n) is 4.51. The van der Waals surface area contributed by atoms with E-state index in [9.17, 15) is 5.11 Å². The van der Waals surface area contributed by atoms with Gasteiger partial charge in [0.2, 0.25) is 0 Å². The maximum absolute atomic E-state index is 9.38. The van der Waals surface area contributed by atoms with Gasteiger partial charge >= 0.3 is 0 Å². The van der Waals surface area contributed by atoms with E-state index in [0.29, 0.717) is 5.92 Å². The molecule has 1 aliphatic carbocycles. The van der Waals surface area contributed by atoms with Crippen LogP contribution < -0.4 is 10.5 Å². The second-order valence-corrected chi connectivity index (χ2v) is 6.24. The summed E-state index contributed by atoms with van der Waals surface area (Å²) in [5.74, 6) is 1.49. The monoisotopic (exact) mass is 277 g/mol. The fourth-order valence-electron chi connectivity index (χ4n) is 2.89. The second-order valence-electron chi connectivity index (χ2n) is 6.24. The minimum Gasteiger partial charge on any atom is -0.490 e. The largest absolute Gasteiger partial charge is 0.490 e. The highest BCUT2D eigenvalue weighted by molar-refractivity contribution is 5.29. The van der Waals surface area contributed by atoms with Crippen molar-refractivity contribution in [2.45, 2.75) is 63.5 Å². The standard InChI is InChI=1S/C17H27NO2/c1-3-13(2)14-6-8-15(9-7-14)20-16-5-4-10-17(18,11-16)12-19/h6-9,13,16,19H,3-5,10-12,18H2,1-2H3. The van der Waals surface area contributed by atoms with Crippen molar-refractivity contribution in [3.63, 3.8) is 0 Å². The third kappa shape index (κ3) is 3.74. The lowest BCUT2D eigenvalue weighted by Gasteiger charge is -2.36. The van der Waals surface area contributed by atoms with Crippen molar-refractivity contribution in [1.82, 2.24) is 0 Å². The number of rotatable bonds is 5. The van der Waals surface area contributed by atoms with Gasteiger partial charge in [-0.15, -0.1) is 0 Å². The van der Waals surface area contributed by atoms with Crippen LogP contribution in [0.15, 0.2) is 24.3 Å². The van der Waals surface area contributed by atoms with Gasteiger partial charge in [-0.25, -0.2) is 0 Å². The zero-order valence-corrected chi connectivity index (χ0v) is 12.6. The molecule has 3 nitrogen and oxygen atoms in total. The molecule has 112 valence electrons. The predicted octanol–water partition coefficient (Wildman–Crippen LogP) is 3.21. The molecule has 0 heterocycles. The molecule has 0 radical (unpaired) electrons. The van der Waals surface area contributed by atoms with E-state index in [1.54, 1.807) is 0 Å². The minimum atomic E-state index is -0.459. The molecule has 20 heavy (non-hydrogen) atoms. The Hall–Kier alpha value is -1.06. The molecule has 3 heteroatoms. The average Bonchev–Trinajstić information content (AvgIpc) is 2.47. The van der Waals surface area contributed by atoms with Crippen LogP contribution in [-0.4, -0.2) is 23.4 Å². The van der Waals surface area contributed by atoms with Crippen LogP contribution >= 0.6 is 0 Å². The molecule has 0 saturated heterocycles. The quantitative estimate of drug-likeness (QED) is 0.869. The number of aliphatic hydroxyl groups is 1. The van der Waals surface area contributed by atoms with Gasteiger partial charge in [0.15, 0.2) is 0 Å². The molecular formula is C17H27NO2. The number of hydrogen-bond donors (Lipinski definition) is 2. The van der Waals surface area contributed by atoms with Crippen molar-refractivity contribution in [3.8, 4) is 5.75 Å². The van der Waals surface area contributed by atoms with Crippen LogP contribution in [0, 0.1) is 0 Å². The molecule has 3 N–H and O–H groups in total. The lowest BCUT2D eigenvalue weighted by atomic mass is 9.81. The van der Waals surface area contributed by atoms with Crippen LogP contribution in [0.3, 0.4) is 0 Å². The first-order valence-corrected chi connectivity index (χ1v) is 7.72. The van der Waals surface area contributed by atoms with Gasteiger partial charge in [0.25, 0.3) is 0 Å². The van der Waals surface area contributed by atoms with Gasteiger partial charge in [-0.3, -0.25) is 0 Å². The molecular weight excluding hydrogens is 250 g/mol. The molecule has 1 fully saturated rings.